The summed E-state index contributed by atoms with van der Waals surface area (Å²) in [4.78, 5) is 11.6. The smallest absolute Gasteiger partial charge is 0.241 e. The van der Waals surface area contributed by atoms with E-state index in [-0.39, 0.29) is 5.91 Å². The number of hydrogen-bond donors (Lipinski definition) is 2. The van der Waals surface area contributed by atoms with E-state index in [4.69, 9.17) is 5.73 Å². The van der Waals surface area contributed by atoms with Gasteiger partial charge in [-0.3, -0.25) is 4.79 Å². The van der Waals surface area contributed by atoms with Gasteiger partial charge in [0.1, 0.15) is 0 Å². The largest absolute Gasteiger partial charge is 0.325 e. The number of rotatable bonds is 5. The van der Waals surface area contributed by atoms with Crippen LogP contribution >= 0.6 is 27.7 Å². The third-order valence-corrected chi connectivity index (χ3v) is 3.25. The molecule has 0 aromatic heterocycles. The molecule has 0 saturated carbocycles. The summed E-state index contributed by atoms with van der Waals surface area (Å²) in [5.74, 6) is 0.769. The van der Waals surface area contributed by atoms with Crippen LogP contribution in [0.4, 0.5) is 5.69 Å². The van der Waals surface area contributed by atoms with Crippen LogP contribution in [-0.2, 0) is 4.79 Å². The second-order valence-electron chi connectivity index (χ2n) is 3.38. The number of anilines is 1. The van der Waals surface area contributed by atoms with E-state index in [1.807, 2.05) is 30.5 Å². The van der Waals surface area contributed by atoms with Crippen LogP contribution < -0.4 is 11.1 Å². The molecule has 5 heteroatoms. The fourth-order valence-corrected chi connectivity index (χ4v) is 1.90. The highest BCUT2D eigenvalue weighted by Gasteiger charge is 2.12. The van der Waals surface area contributed by atoms with Gasteiger partial charge in [0.2, 0.25) is 5.91 Å². The first-order valence-corrected chi connectivity index (χ1v) is 7.13. The van der Waals surface area contributed by atoms with Crippen molar-refractivity contribution in [2.24, 2.45) is 5.73 Å². The van der Waals surface area contributed by atoms with E-state index in [2.05, 4.69) is 21.2 Å². The molecule has 1 rings (SSSR count). The Kier molecular flexibility index (Phi) is 5.87. The fraction of sp³-hybridized carbons (Fsp3) is 0.364. The average molecular weight is 303 g/mol. The summed E-state index contributed by atoms with van der Waals surface area (Å²) in [6.07, 6.45) is 2.70. The molecule has 0 radical (unpaired) electrons. The van der Waals surface area contributed by atoms with Crippen molar-refractivity contribution >= 4 is 39.3 Å². The van der Waals surface area contributed by atoms with E-state index in [9.17, 15) is 4.79 Å². The van der Waals surface area contributed by atoms with Gasteiger partial charge in [-0.1, -0.05) is 15.9 Å². The van der Waals surface area contributed by atoms with Crippen LogP contribution in [0.25, 0.3) is 0 Å². The van der Waals surface area contributed by atoms with Crippen LogP contribution in [0, 0.1) is 0 Å². The molecular formula is C11H15BrN2OS. The fourth-order valence-electron chi connectivity index (χ4n) is 1.14. The minimum absolute atomic E-state index is 0.128. The van der Waals surface area contributed by atoms with E-state index >= 15 is 0 Å². The van der Waals surface area contributed by atoms with Gasteiger partial charge >= 0.3 is 0 Å². The van der Waals surface area contributed by atoms with Gasteiger partial charge in [-0.15, -0.1) is 0 Å². The Labute approximate surface area is 108 Å². The Bertz CT molecular complexity index is 342. The first kappa shape index (κ1) is 13.5. The minimum atomic E-state index is -0.434. The second kappa shape index (κ2) is 6.93. The molecule has 16 heavy (non-hydrogen) atoms. The Hall–Kier alpha value is -0.520. The molecule has 0 aliphatic heterocycles. The molecule has 0 spiro atoms. The van der Waals surface area contributed by atoms with Gasteiger partial charge in [0.25, 0.3) is 0 Å². The summed E-state index contributed by atoms with van der Waals surface area (Å²) in [7, 11) is 0. The molecule has 0 unspecified atom stereocenters. The second-order valence-corrected chi connectivity index (χ2v) is 5.29. The predicted molar refractivity (Wildman–Crippen MR) is 73.7 cm³/mol. The number of halogens is 1. The molecule has 1 atom stereocenters. The molecular weight excluding hydrogens is 288 g/mol. The van der Waals surface area contributed by atoms with Crippen molar-refractivity contribution in [1.29, 1.82) is 0 Å². The summed E-state index contributed by atoms with van der Waals surface area (Å²) >= 11 is 5.02. The van der Waals surface area contributed by atoms with Crippen LogP contribution in [0.1, 0.15) is 6.42 Å². The van der Waals surface area contributed by atoms with Crippen LogP contribution in [0.3, 0.4) is 0 Å². The number of carbonyl (C=O) groups is 1. The number of amides is 1. The zero-order chi connectivity index (χ0) is 12.0. The van der Waals surface area contributed by atoms with Crippen molar-refractivity contribution in [2.45, 2.75) is 12.5 Å². The van der Waals surface area contributed by atoms with E-state index in [1.54, 1.807) is 11.8 Å². The quantitative estimate of drug-likeness (QED) is 0.878. The first-order chi connectivity index (χ1) is 7.63. The lowest BCUT2D eigenvalue weighted by Gasteiger charge is -2.11. The topological polar surface area (TPSA) is 55.1 Å². The molecule has 0 heterocycles. The third kappa shape index (κ3) is 4.55. The molecule has 0 fully saturated rings. The molecule has 3 N–H and O–H groups in total. The minimum Gasteiger partial charge on any atom is -0.325 e. The highest BCUT2D eigenvalue weighted by molar-refractivity contribution is 9.10. The maximum absolute atomic E-state index is 11.6. The lowest BCUT2D eigenvalue weighted by Crippen LogP contribution is -2.36. The van der Waals surface area contributed by atoms with Gasteiger partial charge in [-0.2, -0.15) is 11.8 Å². The number of hydrogen-bond acceptors (Lipinski definition) is 3. The standard InChI is InChI=1S/C11H15BrN2OS/c1-16-7-6-10(13)11(15)14-9-4-2-8(12)3-5-9/h2-5,10H,6-7,13H2,1H3,(H,14,15)/t10-/m0/s1. The normalized spacial score (nSPS) is 12.2. The highest BCUT2D eigenvalue weighted by Crippen LogP contribution is 2.14. The Morgan fingerprint density at radius 3 is 2.69 bits per heavy atom. The SMILES string of the molecule is CSCC[C@H](N)C(=O)Nc1ccc(Br)cc1. The molecule has 0 bridgehead atoms. The number of benzene rings is 1. The third-order valence-electron chi connectivity index (χ3n) is 2.08. The first-order valence-electron chi connectivity index (χ1n) is 4.94. The molecule has 3 nitrogen and oxygen atoms in total. The summed E-state index contributed by atoms with van der Waals surface area (Å²) in [6.45, 7) is 0. The monoisotopic (exact) mass is 302 g/mol. The van der Waals surface area contributed by atoms with Gasteiger partial charge in [0.15, 0.2) is 0 Å². The Morgan fingerprint density at radius 2 is 2.12 bits per heavy atom. The summed E-state index contributed by atoms with van der Waals surface area (Å²) in [6, 6.07) is 7.00. The van der Waals surface area contributed by atoms with Gasteiger partial charge in [-0.25, -0.2) is 0 Å². The predicted octanol–water partition coefficient (Wildman–Crippen LogP) is 2.47. The zero-order valence-electron chi connectivity index (χ0n) is 9.07. The van der Waals surface area contributed by atoms with Crippen molar-refractivity contribution in [3.05, 3.63) is 28.7 Å². The Morgan fingerprint density at radius 1 is 1.50 bits per heavy atom. The van der Waals surface area contributed by atoms with Crippen LogP contribution in [-0.4, -0.2) is 24.0 Å². The Balaban J connectivity index is 2.47. The maximum Gasteiger partial charge on any atom is 0.241 e. The van der Waals surface area contributed by atoms with Crippen LogP contribution in [0.5, 0.6) is 0 Å². The van der Waals surface area contributed by atoms with Crippen LogP contribution in [0.15, 0.2) is 28.7 Å². The number of nitrogens with one attached hydrogen (secondary N) is 1. The maximum atomic E-state index is 11.6. The number of thioether (sulfide) groups is 1. The van der Waals surface area contributed by atoms with E-state index < -0.39 is 6.04 Å². The molecule has 1 aromatic carbocycles. The number of carbonyl (C=O) groups excluding carboxylic acids is 1. The lowest BCUT2D eigenvalue weighted by molar-refractivity contribution is -0.117. The van der Waals surface area contributed by atoms with Gasteiger partial charge in [0.05, 0.1) is 6.04 Å². The van der Waals surface area contributed by atoms with Crippen molar-refractivity contribution in [3.8, 4) is 0 Å². The van der Waals surface area contributed by atoms with E-state index in [0.717, 1.165) is 15.9 Å². The summed E-state index contributed by atoms with van der Waals surface area (Å²) in [5, 5.41) is 2.78. The van der Waals surface area contributed by atoms with E-state index in [0.29, 0.717) is 6.42 Å². The van der Waals surface area contributed by atoms with Crippen molar-refractivity contribution in [3.63, 3.8) is 0 Å². The molecule has 0 aliphatic carbocycles. The van der Waals surface area contributed by atoms with Crippen molar-refractivity contribution in [2.75, 3.05) is 17.3 Å². The molecule has 0 aliphatic rings. The molecule has 1 amide bonds. The molecule has 88 valence electrons. The van der Waals surface area contributed by atoms with Gasteiger partial charge in [0, 0.05) is 10.2 Å². The molecule has 0 saturated heterocycles. The van der Waals surface area contributed by atoms with Gasteiger partial charge in [-0.05, 0) is 42.7 Å². The lowest BCUT2D eigenvalue weighted by atomic mass is 10.2. The highest BCUT2D eigenvalue weighted by atomic mass is 79.9. The molecule has 1 aromatic rings. The van der Waals surface area contributed by atoms with Crippen molar-refractivity contribution in [1.82, 2.24) is 0 Å². The van der Waals surface area contributed by atoms with E-state index in [1.165, 1.54) is 0 Å². The van der Waals surface area contributed by atoms with Crippen LogP contribution in [0.2, 0.25) is 0 Å². The summed E-state index contributed by atoms with van der Waals surface area (Å²) in [5.41, 5.74) is 6.52. The average Bonchev–Trinajstić information content (AvgIpc) is 2.29. The van der Waals surface area contributed by atoms with Gasteiger partial charge < -0.3 is 11.1 Å². The number of nitrogens with two attached hydrogens (primary N) is 1. The zero-order valence-corrected chi connectivity index (χ0v) is 11.5. The summed E-state index contributed by atoms with van der Waals surface area (Å²) < 4.78 is 0.984. The van der Waals surface area contributed by atoms with Crippen molar-refractivity contribution < 1.29 is 4.79 Å².